The summed E-state index contributed by atoms with van der Waals surface area (Å²) in [5.41, 5.74) is 2.45. The fraction of sp³-hybridized carbons (Fsp3) is 0.407. The van der Waals surface area contributed by atoms with Crippen LogP contribution < -0.4 is 10.7 Å². The molecule has 2 heterocycles. The summed E-state index contributed by atoms with van der Waals surface area (Å²) in [6.45, 7) is 8.81. The third-order valence-electron chi connectivity index (χ3n) is 6.57. The van der Waals surface area contributed by atoms with Crippen molar-refractivity contribution in [2.24, 2.45) is 11.8 Å². The number of dihydropyridines is 1. The lowest BCUT2D eigenvalue weighted by Crippen LogP contribution is -2.44. The Balaban J connectivity index is 1.98. The van der Waals surface area contributed by atoms with Crippen LogP contribution in [0.3, 0.4) is 0 Å². The molecule has 0 unspecified atom stereocenters. The average molecular weight is 480 g/mol. The van der Waals surface area contributed by atoms with Crippen molar-refractivity contribution in [1.82, 2.24) is 5.32 Å². The molecular weight excluding hydrogens is 450 g/mol. The van der Waals surface area contributed by atoms with Crippen molar-refractivity contribution < 1.29 is 28.3 Å². The van der Waals surface area contributed by atoms with Gasteiger partial charge in [-0.25, -0.2) is 4.79 Å². The smallest absolute Gasteiger partial charge is 0.337 e. The lowest BCUT2D eigenvalue weighted by Gasteiger charge is -2.38. The molecule has 2 aliphatic rings. The van der Waals surface area contributed by atoms with Gasteiger partial charge in [0.25, 0.3) is 0 Å². The molecule has 1 aliphatic heterocycles. The molecule has 1 N–H and O–H groups in total. The Morgan fingerprint density at radius 3 is 2.54 bits per heavy atom. The van der Waals surface area contributed by atoms with Crippen LogP contribution in [-0.2, 0) is 23.9 Å². The maximum Gasteiger partial charge on any atom is 0.337 e. The predicted octanol–water partition coefficient (Wildman–Crippen LogP) is 3.67. The molecule has 1 aromatic carbocycles. The van der Waals surface area contributed by atoms with Gasteiger partial charge in [-0.1, -0.05) is 18.6 Å². The Kier molecular flexibility index (Phi) is 6.40. The predicted molar refractivity (Wildman–Crippen MR) is 128 cm³/mol. The summed E-state index contributed by atoms with van der Waals surface area (Å²) in [6.07, 6.45) is 1.26. The van der Waals surface area contributed by atoms with Gasteiger partial charge in [-0.05, 0) is 52.2 Å². The molecule has 0 radical (unpaired) electrons. The van der Waals surface area contributed by atoms with E-state index < -0.39 is 35.7 Å². The lowest BCUT2D eigenvalue weighted by atomic mass is 9.69. The van der Waals surface area contributed by atoms with E-state index in [1.54, 1.807) is 39.8 Å². The first kappa shape index (κ1) is 24.4. The molecular formula is C27H29NO7. The first-order valence-electron chi connectivity index (χ1n) is 11.6. The molecule has 0 amide bonds. The van der Waals surface area contributed by atoms with E-state index in [0.29, 0.717) is 28.8 Å². The maximum absolute atomic E-state index is 13.8. The molecule has 8 nitrogen and oxygen atoms in total. The number of ketones is 1. The number of ether oxygens (including phenoxy) is 2. The van der Waals surface area contributed by atoms with Gasteiger partial charge < -0.3 is 19.2 Å². The number of benzene rings is 1. The van der Waals surface area contributed by atoms with Gasteiger partial charge in [0.1, 0.15) is 11.5 Å². The molecule has 184 valence electrons. The monoisotopic (exact) mass is 479 g/mol. The van der Waals surface area contributed by atoms with E-state index in [4.69, 9.17) is 13.9 Å². The SMILES string of the molecule is COC(=O)[C@H]1C(=O)C2=C(C[C@H]1C)NC(C)=C(C(=O)OC(C)C)[C@@H]2c1coc2ccc(C)cc2c1=O. The van der Waals surface area contributed by atoms with Crippen LogP contribution in [0.5, 0.6) is 0 Å². The van der Waals surface area contributed by atoms with Gasteiger partial charge in [-0.15, -0.1) is 0 Å². The Bertz CT molecular complexity index is 1360. The van der Waals surface area contributed by atoms with Gasteiger partial charge in [0.2, 0.25) is 0 Å². The van der Waals surface area contributed by atoms with E-state index >= 15 is 0 Å². The van der Waals surface area contributed by atoms with E-state index in [0.717, 1.165) is 5.56 Å². The molecule has 1 aromatic heterocycles. The summed E-state index contributed by atoms with van der Waals surface area (Å²) >= 11 is 0. The second kappa shape index (κ2) is 9.17. The summed E-state index contributed by atoms with van der Waals surface area (Å²) in [4.78, 5) is 53.3. The molecule has 35 heavy (non-hydrogen) atoms. The van der Waals surface area contributed by atoms with Gasteiger partial charge in [-0.2, -0.15) is 0 Å². The summed E-state index contributed by atoms with van der Waals surface area (Å²) in [7, 11) is 1.23. The van der Waals surface area contributed by atoms with Crippen LogP contribution in [-0.4, -0.2) is 30.9 Å². The molecule has 0 saturated carbocycles. The van der Waals surface area contributed by atoms with E-state index in [1.807, 2.05) is 13.0 Å². The fourth-order valence-corrected chi connectivity index (χ4v) is 5.00. The normalized spacial score (nSPS) is 22.3. The Morgan fingerprint density at radius 1 is 1.17 bits per heavy atom. The zero-order valence-corrected chi connectivity index (χ0v) is 20.7. The Hall–Kier alpha value is -3.68. The van der Waals surface area contributed by atoms with Crippen molar-refractivity contribution in [1.29, 1.82) is 0 Å². The largest absolute Gasteiger partial charge is 0.468 e. The van der Waals surface area contributed by atoms with Gasteiger partial charge in [0.15, 0.2) is 11.2 Å². The zero-order chi connectivity index (χ0) is 25.6. The van der Waals surface area contributed by atoms with Crippen molar-refractivity contribution in [3.05, 3.63) is 68.4 Å². The number of aryl methyl sites for hydroxylation is 1. The number of fused-ring (bicyclic) bond motifs is 1. The highest BCUT2D eigenvalue weighted by molar-refractivity contribution is 6.12. The lowest BCUT2D eigenvalue weighted by molar-refractivity contribution is -0.151. The van der Waals surface area contributed by atoms with Crippen LogP contribution in [0.25, 0.3) is 11.0 Å². The number of nitrogens with one attached hydrogen (secondary N) is 1. The number of esters is 2. The van der Waals surface area contributed by atoms with Gasteiger partial charge in [-0.3, -0.25) is 14.4 Å². The summed E-state index contributed by atoms with van der Waals surface area (Å²) in [6, 6.07) is 5.25. The first-order valence-corrected chi connectivity index (χ1v) is 11.6. The van der Waals surface area contributed by atoms with Gasteiger partial charge >= 0.3 is 11.9 Å². The molecule has 0 saturated heterocycles. The highest BCUT2D eigenvalue weighted by atomic mass is 16.5. The number of hydrogen-bond donors (Lipinski definition) is 1. The van der Waals surface area contributed by atoms with Crippen LogP contribution in [0.1, 0.15) is 51.2 Å². The number of methoxy groups -OCH3 is 1. The topological polar surface area (TPSA) is 112 Å². The van der Waals surface area contributed by atoms with Crippen molar-refractivity contribution in [3.8, 4) is 0 Å². The zero-order valence-electron chi connectivity index (χ0n) is 20.7. The number of hydrogen-bond acceptors (Lipinski definition) is 8. The number of carbonyl (C=O) groups excluding carboxylic acids is 3. The van der Waals surface area contributed by atoms with Crippen molar-refractivity contribution in [3.63, 3.8) is 0 Å². The van der Waals surface area contributed by atoms with Crippen molar-refractivity contribution >= 4 is 28.7 Å². The molecule has 0 bridgehead atoms. The maximum atomic E-state index is 13.8. The Morgan fingerprint density at radius 2 is 1.89 bits per heavy atom. The fourth-order valence-electron chi connectivity index (χ4n) is 5.00. The summed E-state index contributed by atoms with van der Waals surface area (Å²) < 4.78 is 16.2. The third-order valence-corrected chi connectivity index (χ3v) is 6.57. The first-order chi connectivity index (χ1) is 16.5. The van der Waals surface area contributed by atoms with Crippen LogP contribution in [0.4, 0.5) is 0 Å². The van der Waals surface area contributed by atoms with Crippen LogP contribution in [0.15, 0.2) is 56.2 Å². The van der Waals surface area contributed by atoms with Gasteiger partial charge in [0, 0.05) is 22.5 Å². The molecule has 4 rings (SSSR count). The number of carbonyl (C=O) groups is 3. The second-order valence-electron chi connectivity index (χ2n) is 9.51. The van der Waals surface area contributed by atoms with E-state index in [9.17, 15) is 19.2 Å². The minimum atomic E-state index is -1.05. The average Bonchev–Trinajstić information content (AvgIpc) is 2.78. The molecule has 2 aromatic rings. The molecule has 0 spiro atoms. The standard InChI is InChI=1S/C27H29NO7/c1-12(2)35-27(32)21-15(5)28-18-10-14(4)20(26(31)33-6)25(30)23(18)22(21)17-11-34-19-8-7-13(3)9-16(19)24(17)29/h7-9,11-12,14,20,22,28H,10H2,1-6H3/t14-,20-,22+/m1/s1. The minimum absolute atomic E-state index is 0.138. The quantitative estimate of drug-likeness (QED) is 0.522. The number of allylic oxidation sites excluding steroid dienone is 3. The number of rotatable bonds is 4. The van der Waals surface area contributed by atoms with Crippen LogP contribution >= 0.6 is 0 Å². The summed E-state index contributed by atoms with van der Waals surface area (Å²) in [5, 5.41) is 3.53. The molecule has 1 aliphatic carbocycles. The molecule has 0 fully saturated rings. The van der Waals surface area contributed by atoms with Gasteiger partial charge in [0.05, 0.1) is 36.4 Å². The van der Waals surface area contributed by atoms with Crippen LogP contribution in [0.2, 0.25) is 0 Å². The second-order valence-corrected chi connectivity index (χ2v) is 9.51. The van der Waals surface area contributed by atoms with E-state index in [2.05, 4.69) is 5.32 Å². The van der Waals surface area contributed by atoms with E-state index in [1.165, 1.54) is 13.4 Å². The molecule has 3 atom stereocenters. The van der Waals surface area contributed by atoms with Crippen LogP contribution in [0, 0.1) is 18.8 Å². The van der Waals surface area contributed by atoms with Crippen molar-refractivity contribution in [2.45, 2.75) is 53.1 Å². The minimum Gasteiger partial charge on any atom is -0.468 e. The Labute approximate surface area is 203 Å². The third kappa shape index (κ3) is 4.17. The molecule has 8 heteroatoms. The highest BCUT2D eigenvalue weighted by Crippen LogP contribution is 2.45. The summed E-state index contributed by atoms with van der Waals surface area (Å²) in [5.74, 6) is -4.19. The van der Waals surface area contributed by atoms with E-state index in [-0.39, 0.29) is 28.1 Å². The highest BCUT2D eigenvalue weighted by Gasteiger charge is 2.48. The number of Topliss-reactive ketones (excluding diaryl/α,β-unsaturated/α-hetero) is 1. The van der Waals surface area contributed by atoms with Crippen molar-refractivity contribution in [2.75, 3.05) is 7.11 Å².